The van der Waals surface area contributed by atoms with Gasteiger partial charge in [0.05, 0.1) is 13.0 Å². The number of fused-ring (bicyclic) bond motifs is 1. The fourth-order valence-corrected chi connectivity index (χ4v) is 3.04. The van der Waals surface area contributed by atoms with Gasteiger partial charge in [-0.15, -0.1) is 5.10 Å². The Hall–Kier alpha value is -2.64. The highest BCUT2D eigenvalue weighted by Crippen LogP contribution is 2.21. The van der Waals surface area contributed by atoms with Gasteiger partial charge in [0.2, 0.25) is 5.91 Å². The Balaban J connectivity index is 1.67. The van der Waals surface area contributed by atoms with Crippen LogP contribution in [-0.4, -0.2) is 48.7 Å². The lowest BCUT2D eigenvalue weighted by molar-refractivity contribution is -0.140. The van der Waals surface area contributed by atoms with E-state index in [4.69, 9.17) is 5.11 Å². The molecule has 2 aromatic heterocycles. The number of rotatable bonds is 5. The maximum Gasteiger partial charge on any atom is 0.350 e. The molecule has 1 fully saturated rings. The number of nitrogens with zero attached hydrogens (tertiary/aromatic N) is 4. The highest BCUT2D eigenvalue weighted by atomic mass is 16.4. The molecule has 1 aliphatic heterocycles. The summed E-state index contributed by atoms with van der Waals surface area (Å²) < 4.78 is 2.70. The number of amides is 1. The summed E-state index contributed by atoms with van der Waals surface area (Å²) in [5, 5.41) is 13.1. The van der Waals surface area contributed by atoms with Gasteiger partial charge in [0.25, 0.3) is 0 Å². The van der Waals surface area contributed by atoms with Crippen LogP contribution in [0.1, 0.15) is 25.7 Å². The van der Waals surface area contributed by atoms with Gasteiger partial charge < -0.3 is 10.0 Å². The van der Waals surface area contributed by atoms with E-state index in [1.807, 2.05) is 0 Å². The minimum Gasteiger partial charge on any atom is -0.481 e. The lowest BCUT2D eigenvalue weighted by Crippen LogP contribution is -2.37. The molecular formula is C15H18N4O4. The zero-order chi connectivity index (χ0) is 16.4. The number of hydrogen-bond acceptors (Lipinski definition) is 4. The first-order valence-corrected chi connectivity index (χ1v) is 7.62. The zero-order valence-electron chi connectivity index (χ0n) is 12.6. The molecule has 8 nitrogen and oxygen atoms in total. The number of carboxylic acid groups (broad SMARTS) is 1. The second kappa shape index (κ2) is 6.23. The summed E-state index contributed by atoms with van der Waals surface area (Å²) in [7, 11) is 0. The van der Waals surface area contributed by atoms with Crippen LogP contribution < -0.4 is 5.69 Å². The third-order valence-corrected chi connectivity index (χ3v) is 4.13. The van der Waals surface area contributed by atoms with Crippen LogP contribution in [0.5, 0.6) is 0 Å². The van der Waals surface area contributed by atoms with Crippen LogP contribution >= 0.6 is 0 Å². The fraction of sp³-hybridized carbons (Fsp3) is 0.467. The van der Waals surface area contributed by atoms with Crippen molar-refractivity contribution >= 4 is 17.5 Å². The zero-order valence-corrected chi connectivity index (χ0v) is 12.6. The van der Waals surface area contributed by atoms with Crippen LogP contribution in [0.25, 0.3) is 5.65 Å². The van der Waals surface area contributed by atoms with E-state index >= 15 is 0 Å². The highest BCUT2D eigenvalue weighted by Gasteiger charge is 2.30. The smallest absolute Gasteiger partial charge is 0.350 e. The molecular weight excluding hydrogens is 300 g/mol. The standard InChI is InChI=1S/C15H18N4O4/c20-13(17-8-3-4-11(17)10-14(21)22)6-9-19-15(23)18-7-2-1-5-12(18)16-19/h1-2,5,7,11H,3-4,6,8-10H2,(H,21,22). The molecule has 1 unspecified atom stereocenters. The summed E-state index contributed by atoms with van der Waals surface area (Å²) >= 11 is 0. The molecule has 1 amide bonds. The molecule has 3 heterocycles. The van der Waals surface area contributed by atoms with E-state index in [0.717, 1.165) is 6.42 Å². The molecule has 1 aliphatic rings. The molecule has 1 N–H and O–H groups in total. The summed E-state index contributed by atoms with van der Waals surface area (Å²) in [4.78, 5) is 36.9. The van der Waals surface area contributed by atoms with E-state index < -0.39 is 5.97 Å². The first kappa shape index (κ1) is 15.3. The average Bonchev–Trinajstić information content (AvgIpc) is 3.10. The number of likely N-dealkylation sites (tertiary alicyclic amines) is 1. The number of aliphatic carboxylic acids is 1. The predicted molar refractivity (Wildman–Crippen MR) is 81.1 cm³/mol. The molecule has 3 rings (SSSR count). The third kappa shape index (κ3) is 3.10. The summed E-state index contributed by atoms with van der Waals surface area (Å²) in [6.07, 6.45) is 3.27. The van der Waals surface area contributed by atoms with E-state index in [-0.39, 0.29) is 37.0 Å². The van der Waals surface area contributed by atoms with Crippen LogP contribution in [0.15, 0.2) is 29.2 Å². The molecule has 1 saturated heterocycles. The molecule has 0 radical (unpaired) electrons. The van der Waals surface area contributed by atoms with Gasteiger partial charge in [-0.3, -0.25) is 14.0 Å². The summed E-state index contributed by atoms with van der Waals surface area (Å²) in [5.41, 5.74) is 0.256. The SMILES string of the molecule is O=C(O)CC1CCCN1C(=O)CCn1nc2ccccn2c1=O. The Morgan fingerprint density at radius 3 is 2.91 bits per heavy atom. The second-order valence-electron chi connectivity index (χ2n) is 5.67. The van der Waals surface area contributed by atoms with Gasteiger partial charge in [-0.25, -0.2) is 9.48 Å². The lowest BCUT2D eigenvalue weighted by atomic mass is 10.1. The Kier molecular flexibility index (Phi) is 4.14. The molecule has 0 aromatic carbocycles. The summed E-state index contributed by atoms with van der Waals surface area (Å²) in [6.45, 7) is 0.770. The van der Waals surface area contributed by atoms with Gasteiger partial charge in [-0.2, -0.15) is 0 Å². The molecule has 0 saturated carbocycles. The maximum atomic E-state index is 12.3. The number of pyridine rings is 1. The van der Waals surface area contributed by atoms with Gasteiger partial charge in [0, 0.05) is 25.2 Å². The van der Waals surface area contributed by atoms with E-state index in [1.165, 1.54) is 9.08 Å². The fourth-order valence-electron chi connectivity index (χ4n) is 3.04. The van der Waals surface area contributed by atoms with Gasteiger partial charge >= 0.3 is 11.7 Å². The van der Waals surface area contributed by atoms with Crippen molar-refractivity contribution in [3.8, 4) is 0 Å². The molecule has 0 bridgehead atoms. The first-order valence-electron chi connectivity index (χ1n) is 7.62. The molecule has 23 heavy (non-hydrogen) atoms. The second-order valence-corrected chi connectivity index (χ2v) is 5.67. The van der Waals surface area contributed by atoms with E-state index in [0.29, 0.717) is 18.6 Å². The number of carboxylic acids is 1. The van der Waals surface area contributed by atoms with Gasteiger partial charge in [-0.05, 0) is 25.0 Å². The van der Waals surface area contributed by atoms with E-state index in [1.54, 1.807) is 29.3 Å². The van der Waals surface area contributed by atoms with Gasteiger partial charge in [0.15, 0.2) is 5.65 Å². The van der Waals surface area contributed by atoms with Crippen LogP contribution in [0.3, 0.4) is 0 Å². The van der Waals surface area contributed by atoms with Crippen molar-refractivity contribution in [2.45, 2.75) is 38.3 Å². The average molecular weight is 318 g/mol. The summed E-state index contributed by atoms with van der Waals surface area (Å²) in [6, 6.07) is 5.02. The van der Waals surface area contributed by atoms with Crippen molar-refractivity contribution in [1.29, 1.82) is 0 Å². The van der Waals surface area contributed by atoms with Crippen molar-refractivity contribution in [2.24, 2.45) is 0 Å². The minimum absolute atomic E-state index is 0.0277. The number of aryl methyl sites for hydroxylation is 1. The molecule has 8 heteroatoms. The third-order valence-electron chi connectivity index (χ3n) is 4.13. The molecule has 0 aliphatic carbocycles. The van der Waals surface area contributed by atoms with Crippen molar-refractivity contribution in [3.63, 3.8) is 0 Å². The number of carbonyl (C=O) groups is 2. The van der Waals surface area contributed by atoms with Crippen molar-refractivity contribution < 1.29 is 14.7 Å². The molecule has 0 spiro atoms. The maximum absolute atomic E-state index is 12.3. The van der Waals surface area contributed by atoms with Gasteiger partial charge in [-0.1, -0.05) is 6.07 Å². The molecule has 122 valence electrons. The molecule has 1 atom stereocenters. The van der Waals surface area contributed by atoms with Crippen LogP contribution in [-0.2, 0) is 16.1 Å². The number of carbonyl (C=O) groups excluding carboxylic acids is 1. The Bertz CT molecular complexity index is 794. The van der Waals surface area contributed by atoms with Crippen LogP contribution in [0.4, 0.5) is 0 Å². The number of aromatic nitrogens is 3. The Morgan fingerprint density at radius 1 is 1.35 bits per heavy atom. The van der Waals surface area contributed by atoms with Crippen molar-refractivity contribution in [2.75, 3.05) is 6.54 Å². The minimum atomic E-state index is -0.897. The Labute approximate surface area is 131 Å². The lowest BCUT2D eigenvalue weighted by Gasteiger charge is -2.23. The topological polar surface area (TPSA) is 96.9 Å². The highest BCUT2D eigenvalue weighted by molar-refractivity contribution is 5.78. The van der Waals surface area contributed by atoms with Crippen molar-refractivity contribution in [1.82, 2.24) is 19.1 Å². The van der Waals surface area contributed by atoms with Crippen molar-refractivity contribution in [3.05, 3.63) is 34.9 Å². The largest absolute Gasteiger partial charge is 0.481 e. The predicted octanol–water partition coefficient (Wildman–Crippen LogP) is 0.352. The van der Waals surface area contributed by atoms with E-state index in [2.05, 4.69) is 5.10 Å². The van der Waals surface area contributed by atoms with Crippen LogP contribution in [0.2, 0.25) is 0 Å². The van der Waals surface area contributed by atoms with Crippen LogP contribution in [0, 0.1) is 0 Å². The normalized spacial score (nSPS) is 17.7. The Morgan fingerprint density at radius 2 is 2.17 bits per heavy atom. The van der Waals surface area contributed by atoms with E-state index in [9.17, 15) is 14.4 Å². The van der Waals surface area contributed by atoms with Gasteiger partial charge in [0.1, 0.15) is 0 Å². The molecule has 2 aromatic rings. The monoisotopic (exact) mass is 318 g/mol. The number of hydrogen-bond donors (Lipinski definition) is 1. The summed E-state index contributed by atoms with van der Waals surface area (Å²) in [5.74, 6) is -1.02. The first-order chi connectivity index (χ1) is 11.1. The quantitative estimate of drug-likeness (QED) is 0.858.